The third-order valence-electron chi connectivity index (χ3n) is 6.78. The van der Waals surface area contributed by atoms with Crippen LogP contribution in [0.4, 0.5) is 0 Å². The van der Waals surface area contributed by atoms with Gasteiger partial charge in [0.15, 0.2) is 0 Å². The van der Waals surface area contributed by atoms with Crippen molar-refractivity contribution in [3.8, 4) is 0 Å². The van der Waals surface area contributed by atoms with Gasteiger partial charge in [-0.1, -0.05) is 88.3 Å². The fourth-order valence-corrected chi connectivity index (χ4v) is 5.28. The molecule has 2 bridgehead atoms. The number of nitrogens with zero attached hydrogens (tertiary/aromatic N) is 1. The SMILES string of the molecule is C=CCN1[C@@H]2CC[C@H]1CC(OC(CCCCCCCCC)c1ccccc1)C2. The molecule has 2 nitrogen and oxygen atoms in total. The maximum atomic E-state index is 6.78. The van der Waals surface area contributed by atoms with Crippen LogP contribution in [-0.4, -0.2) is 29.6 Å². The van der Waals surface area contributed by atoms with Crippen LogP contribution in [0.3, 0.4) is 0 Å². The van der Waals surface area contributed by atoms with Crippen LogP contribution in [0.1, 0.15) is 95.6 Å². The molecule has 1 aromatic rings. The summed E-state index contributed by atoms with van der Waals surface area (Å²) in [5.41, 5.74) is 1.37. The zero-order valence-electron chi connectivity index (χ0n) is 18.0. The van der Waals surface area contributed by atoms with Gasteiger partial charge in [0.2, 0.25) is 0 Å². The molecule has 0 saturated carbocycles. The molecule has 2 aliphatic heterocycles. The van der Waals surface area contributed by atoms with Crippen molar-refractivity contribution in [1.82, 2.24) is 4.90 Å². The van der Waals surface area contributed by atoms with Crippen LogP contribution in [0.5, 0.6) is 0 Å². The van der Waals surface area contributed by atoms with Gasteiger partial charge in [0, 0.05) is 18.6 Å². The topological polar surface area (TPSA) is 12.5 Å². The molecule has 4 atom stereocenters. The summed E-state index contributed by atoms with van der Waals surface area (Å²) in [6.45, 7) is 7.28. The van der Waals surface area contributed by atoms with E-state index in [1.165, 1.54) is 82.6 Å². The summed E-state index contributed by atoms with van der Waals surface area (Å²) in [7, 11) is 0. The molecule has 2 saturated heterocycles. The van der Waals surface area contributed by atoms with Gasteiger partial charge in [-0.05, 0) is 37.7 Å². The molecule has 1 aromatic carbocycles. The molecular formula is C26H41NO. The lowest BCUT2D eigenvalue weighted by molar-refractivity contribution is -0.0640. The zero-order valence-corrected chi connectivity index (χ0v) is 18.0. The normalized spacial score (nSPS) is 25.7. The molecule has 28 heavy (non-hydrogen) atoms. The summed E-state index contributed by atoms with van der Waals surface area (Å²) >= 11 is 0. The first-order valence-corrected chi connectivity index (χ1v) is 11.9. The Balaban J connectivity index is 1.50. The van der Waals surface area contributed by atoms with Gasteiger partial charge in [-0.15, -0.1) is 6.58 Å². The van der Waals surface area contributed by atoms with E-state index in [-0.39, 0.29) is 6.10 Å². The largest absolute Gasteiger partial charge is 0.370 e. The summed E-state index contributed by atoms with van der Waals surface area (Å²) in [6, 6.07) is 12.4. The first kappa shape index (κ1) is 21.6. The van der Waals surface area contributed by atoms with Crippen molar-refractivity contribution in [3.63, 3.8) is 0 Å². The second-order valence-corrected chi connectivity index (χ2v) is 8.91. The number of fused-ring (bicyclic) bond motifs is 2. The summed E-state index contributed by atoms with van der Waals surface area (Å²) in [5.74, 6) is 0. The molecule has 2 heterocycles. The molecular weight excluding hydrogens is 342 g/mol. The van der Waals surface area contributed by atoms with E-state index in [1.54, 1.807) is 0 Å². The van der Waals surface area contributed by atoms with Crippen molar-refractivity contribution in [3.05, 3.63) is 48.6 Å². The van der Waals surface area contributed by atoms with Gasteiger partial charge in [-0.3, -0.25) is 4.90 Å². The van der Waals surface area contributed by atoms with Gasteiger partial charge >= 0.3 is 0 Å². The number of benzene rings is 1. The number of rotatable bonds is 13. The summed E-state index contributed by atoms with van der Waals surface area (Å²) in [6.07, 6.45) is 18.5. The van der Waals surface area contributed by atoms with Gasteiger partial charge in [0.05, 0.1) is 12.2 Å². The van der Waals surface area contributed by atoms with Crippen LogP contribution < -0.4 is 0 Å². The minimum absolute atomic E-state index is 0.271. The Morgan fingerprint density at radius 2 is 1.64 bits per heavy atom. The molecule has 2 heteroatoms. The Hall–Kier alpha value is -1.12. The molecule has 156 valence electrons. The molecule has 2 fully saturated rings. The highest BCUT2D eigenvalue weighted by Crippen LogP contribution is 2.39. The number of unbranched alkanes of at least 4 members (excludes halogenated alkanes) is 6. The van der Waals surface area contributed by atoms with Crippen molar-refractivity contribution in [1.29, 1.82) is 0 Å². The van der Waals surface area contributed by atoms with Gasteiger partial charge in [-0.2, -0.15) is 0 Å². The van der Waals surface area contributed by atoms with Gasteiger partial charge in [0.25, 0.3) is 0 Å². The predicted molar refractivity (Wildman–Crippen MR) is 120 cm³/mol. The molecule has 2 aliphatic rings. The number of ether oxygens (including phenoxy) is 1. The standard InChI is InChI=1S/C26H41NO/c1-3-5-6-7-8-9-13-16-26(22-14-11-10-12-15-22)28-25-20-23-17-18-24(21-25)27(23)19-4-2/h4,10-12,14-15,23-26H,2-3,5-9,13,16-21H2,1H3/t23-,24+,25?,26?. The van der Waals surface area contributed by atoms with Gasteiger partial charge in [-0.25, -0.2) is 0 Å². The molecule has 0 amide bonds. The van der Waals surface area contributed by atoms with Crippen LogP contribution in [0, 0.1) is 0 Å². The predicted octanol–water partition coefficient (Wildman–Crippen LogP) is 7.07. The lowest BCUT2D eigenvalue weighted by Gasteiger charge is -2.39. The molecule has 0 N–H and O–H groups in total. The average molecular weight is 384 g/mol. The maximum absolute atomic E-state index is 6.78. The Labute approximate surface area is 173 Å². The maximum Gasteiger partial charge on any atom is 0.0828 e. The summed E-state index contributed by atoms with van der Waals surface area (Å²) < 4.78 is 6.78. The van der Waals surface area contributed by atoms with Crippen LogP contribution in [-0.2, 0) is 4.74 Å². The van der Waals surface area contributed by atoms with E-state index in [2.05, 4.69) is 54.8 Å². The van der Waals surface area contributed by atoms with Crippen molar-refractivity contribution < 1.29 is 4.74 Å². The van der Waals surface area contributed by atoms with Crippen molar-refractivity contribution in [2.45, 2.75) is 108 Å². The van der Waals surface area contributed by atoms with Crippen molar-refractivity contribution in [2.24, 2.45) is 0 Å². The fraction of sp³-hybridized carbons (Fsp3) is 0.692. The molecule has 3 rings (SSSR count). The third kappa shape index (κ3) is 6.19. The highest BCUT2D eigenvalue weighted by molar-refractivity contribution is 5.17. The lowest BCUT2D eigenvalue weighted by Crippen LogP contribution is -2.45. The van der Waals surface area contributed by atoms with Crippen molar-refractivity contribution in [2.75, 3.05) is 6.54 Å². The quantitative estimate of drug-likeness (QED) is 0.267. The smallest absolute Gasteiger partial charge is 0.0828 e. The summed E-state index contributed by atoms with van der Waals surface area (Å²) in [4.78, 5) is 2.67. The molecule has 0 radical (unpaired) electrons. The first-order chi connectivity index (χ1) is 13.8. The minimum Gasteiger partial charge on any atom is -0.370 e. The van der Waals surface area contributed by atoms with Crippen LogP contribution >= 0.6 is 0 Å². The van der Waals surface area contributed by atoms with Crippen molar-refractivity contribution >= 4 is 0 Å². The van der Waals surface area contributed by atoms with E-state index < -0.39 is 0 Å². The lowest BCUT2D eigenvalue weighted by atomic mass is 9.97. The summed E-state index contributed by atoms with van der Waals surface area (Å²) in [5, 5.41) is 0. The third-order valence-corrected chi connectivity index (χ3v) is 6.78. The number of piperidine rings is 1. The highest BCUT2D eigenvalue weighted by atomic mass is 16.5. The van der Waals surface area contributed by atoms with Crippen LogP contribution in [0.25, 0.3) is 0 Å². The van der Waals surface area contributed by atoms with E-state index in [9.17, 15) is 0 Å². The Kier molecular flexibility index (Phi) is 9.08. The minimum atomic E-state index is 0.271. The van der Waals surface area contributed by atoms with Gasteiger partial charge < -0.3 is 4.74 Å². The van der Waals surface area contributed by atoms with E-state index in [0.29, 0.717) is 18.2 Å². The Bertz CT molecular complexity index is 543. The highest BCUT2D eigenvalue weighted by Gasteiger charge is 2.41. The van der Waals surface area contributed by atoms with E-state index >= 15 is 0 Å². The number of hydrogen-bond donors (Lipinski definition) is 0. The van der Waals surface area contributed by atoms with E-state index in [4.69, 9.17) is 4.74 Å². The van der Waals surface area contributed by atoms with Gasteiger partial charge in [0.1, 0.15) is 0 Å². The molecule has 0 spiro atoms. The van der Waals surface area contributed by atoms with E-state index in [1.807, 2.05) is 0 Å². The molecule has 0 aliphatic carbocycles. The monoisotopic (exact) mass is 383 g/mol. The first-order valence-electron chi connectivity index (χ1n) is 11.9. The van der Waals surface area contributed by atoms with E-state index in [0.717, 1.165) is 6.54 Å². The Morgan fingerprint density at radius 1 is 1.00 bits per heavy atom. The molecule has 2 unspecified atom stereocenters. The van der Waals surface area contributed by atoms with Crippen LogP contribution in [0.2, 0.25) is 0 Å². The Morgan fingerprint density at radius 3 is 2.29 bits per heavy atom. The zero-order chi connectivity index (χ0) is 19.6. The van der Waals surface area contributed by atoms with Crippen LogP contribution in [0.15, 0.2) is 43.0 Å². The second-order valence-electron chi connectivity index (χ2n) is 8.91. The molecule has 0 aromatic heterocycles. The number of hydrogen-bond acceptors (Lipinski definition) is 2. The second kappa shape index (κ2) is 11.8. The fourth-order valence-electron chi connectivity index (χ4n) is 5.28. The average Bonchev–Trinajstić information content (AvgIpc) is 2.96.